The third-order valence-electron chi connectivity index (χ3n) is 3.05. The zero-order valence-corrected chi connectivity index (χ0v) is 12.0. The Morgan fingerprint density at radius 1 is 1.09 bits per heavy atom. The highest BCUT2D eigenvalue weighted by Crippen LogP contribution is 2.15. The highest BCUT2D eigenvalue weighted by molar-refractivity contribution is 5.75. The summed E-state index contributed by atoms with van der Waals surface area (Å²) in [5, 5.41) is 2.72. The van der Waals surface area contributed by atoms with Gasteiger partial charge in [0.25, 0.3) is 0 Å². The van der Waals surface area contributed by atoms with Crippen molar-refractivity contribution in [2.45, 2.75) is 12.8 Å². The lowest BCUT2D eigenvalue weighted by atomic mass is 10.1. The van der Waals surface area contributed by atoms with Crippen molar-refractivity contribution in [1.82, 2.24) is 5.32 Å². The van der Waals surface area contributed by atoms with E-state index < -0.39 is 5.82 Å². The van der Waals surface area contributed by atoms with Gasteiger partial charge in [-0.3, -0.25) is 4.79 Å². The maximum Gasteiger partial charge on any atom is 0.223 e. The molecule has 0 aliphatic rings. The summed E-state index contributed by atoms with van der Waals surface area (Å²) in [7, 11) is 0. The molecule has 2 aromatic rings. The van der Waals surface area contributed by atoms with E-state index in [1.807, 2.05) is 0 Å². The Bertz CT molecular complexity index is 632. The summed E-state index contributed by atoms with van der Waals surface area (Å²) < 4.78 is 31.5. The summed E-state index contributed by atoms with van der Waals surface area (Å²) in [6, 6.07) is 12.3. The molecule has 0 bridgehead atoms. The predicted octanol–water partition coefficient (Wildman–Crippen LogP) is 3.09. The van der Waals surface area contributed by atoms with Gasteiger partial charge >= 0.3 is 0 Å². The van der Waals surface area contributed by atoms with Crippen molar-refractivity contribution < 1.29 is 18.3 Å². The highest BCUT2D eigenvalue weighted by Gasteiger charge is 2.05. The lowest BCUT2D eigenvalue weighted by molar-refractivity contribution is -0.121. The van der Waals surface area contributed by atoms with Gasteiger partial charge in [-0.25, -0.2) is 8.78 Å². The molecule has 0 saturated heterocycles. The monoisotopic (exact) mass is 305 g/mol. The first kappa shape index (κ1) is 15.9. The van der Waals surface area contributed by atoms with E-state index >= 15 is 0 Å². The Hall–Kier alpha value is -2.43. The van der Waals surface area contributed by atoms with Gasteiger partial charge in [-0.05, 0) is 36.2 Å². The second kappa shape index (κ2) is 8.12. The van der Waals surface area contributed by atoms with Crippen molar-refractivity contribution in [1.29, 1.82) is 0 Å². The van der Waals surface area contributed by atoms with Crippen LogP contribution in [-0.2, 0) is 11.2 Å². The number of carbonyl (C=O) groups is 1. The lowest BCUT2D eigenvalue weighted by Gasteiger charge is -2.08. The standard InChI is InChI=1S/C17H17F2NO2/c18-14-5-3-4-13(12-14)8-10-20-17(21)9-11-22-16-7-2-1-6-15(16)19/h1-7,12H,8-11H2,(H,20,21). The minimum Gasteiger partial charge on any atom is -0.490 e. The van der Waals surface area contributed by atoms with Crippen LogP contribution in [-0.4, -0.2) is 19.1 Å². The van der Waals surface area contributed by atoms with Gasteiger partial charge in [-0.1, -0.05) is 24.3 Å². The molecular weight excluding hydrogens is 288 g/mol. The third kappa shape index (κ3) is 5.16. The first-order valence-electron chi connectivity index (χ1n) is 7.03. The third-order valence-corrected chi connectivity index (χ3v) is 3.05. The van der Waals surface area contributed by atoms with E-state index in [2.05, 4.69) is 5.32 Å². The van der Waals surface area contributed by atoms with Gasteiger partial charge in [0.05, 0.1) is 13.0 Å². The van der Waals surface area contributed by atoms with Crippen LogP contribution in [0.4, 0.5) is 8.78 Å². The van der Waals surface area contributed by atoms with Crippen molar-refractivity contribution in [3.05, 3.63) is 65.7 Å². The predicted molar refractivity (Wildman–Crippen MR) is 79.6 cm³/mol. The quantitative estimate of drug-likeness (QED) is 0.853. The van der Waals surface area contributed by atoms with Crippen LogP contribution in [0.5, 0.6) is 5.75 Å². The molecule has 0 atom stereocenters. The van der Waals surface area contributed by atoms with Crippen LogP contribution in [0.25, 0.3) is 0 Å². The first-order valence-corrected chi connectivity index (χ1v) is 7.03. The topological polar surface area (TPSA) is 38.3 Å². The van der Waals surface area contributed by atoms with Crippen LogP contribution in [0.2, 0.25) is 0 Å². The Balaban J connectivity index is 1.65. The molecule has 0 saturated carbocycles. The molecule has 22 heavy (non-hydrogen) atoms. The van der Waals surface area contributed by atoms with E-state index in [0.29, 0.717) is 13.0 Å². The highest BCUT2D eigenvalue weighted by atomic mass is 19.1. The summed E-state index contributed by atoms with van der Waals surface area (Å²) in [6.45, 7) is 0.523. The molecule has 0 radical (unpaired) electrons. The Morgan fingerprint density at radius 2 is 1.91 bits per heavy atom. The molecule has 2 rings (SSSR count). The van der Waals surface area contributed by atoms with E-state index in [1.54, 1.807) is 24.3 Å². The van der Waals surface area contributed by atoms with Crippen molar-refractivity contribution in [2.75, 3.05) is 13.2 Å². The Morgan fingerprint density at radius 3 is 2.68 bits per heavy atom. The number of benzene rings is 2. The normalized spacial score (nSPS) is 10.3. The van der Waals surface area contributed by atoms with Gasteiger partial charge in [-0.2, -0.15) is 0 Å². The van der Waals surface area contributed by atoms with Crippen LogP contribution < -0.4 is 10.1 Å². The average Bonchev–Trinajstić information content (AvgIpc) is 2.49. The van der Waals surface area contributed by atoms with Gasteiger partial charge in [0.1, 0.15) is 5.82 Å². The number of ether oxygens (including phenoxy) is 1. The van der Waals surface area contributed by atoms with Gasteiger partial charge in [0, 0.05) is 6.54 Å². The smallest absolute Gasteiger partial charge is 0.223 e. The van der Waals surface area contributed by atoms with Crippen molar-refractivity contribution in [3.63, 3.8) is 0 Å². The molecule has 0 fully saturated rings. The van der Waals surface area contributed by atoms with Crippen LogP contribution in [0.15, 0.2) is 48.5 Å². The van der Waals surface area contributed by atoms with Crippen LogP contribution in [0.1, 0.15) is 12.0 Å². The summed E-state index contributed by atoms with van der Waals surface area (Å²) in [6.07, 6.45) is 0.690. The number of amides is 1. The number of rotatable bonds is 7. The number of carbonyl (C=O) groups excluding carboxylic acids is 1. The molecule has 0 aliphatic heterocycles. The van der Waals surface area contributed by atoms with Crippen LogP contribution in [0, 0.1) is 11.6 Å². The summed E-state index contributed by atoms with van der Waals surface area (Å²) in [5.74, 6) is -0.793. The fourth-order valence-corrected chi connectivity index (χ4v) is 1.94. The zero-order chi connectivity index (χ0) is 15.8. The molecular formula is C17H17F2NO2. The SMILES string of the molecule is O=C(CCOc1ccccc1F)NCCc1cccc(F)c1. The zero-order valence-electron chi connectivity index (χ0n) is 12.0. The number of hydrogen-bond donors (Lipinski definition) is 1. The molecule has 0 spiro atoms. The van der Waals surface area contributed by atoms with Crippen LogP contribution in [0.3, 0.4) is 0 Å². The maximum atomic E-state index is 13.3. The summed E-state index contributed by atoms with van der Waals surface area (Å²) in [4.78, 5) is 11.6. The Kier molecular flexibility index (Phi) is 5.89. The van der Waals surface area contributed by atoms with Gasteiger partial charge in [-0.15, -0.1) is 0 Å². The maximum absolute atomic E-state index is 13.3. The van der Waals surface area contributed by atoms with Crippen molar-refractivity contribution >= 4 is 5.91 Å². The molecule has 2 aromatic carbocycles. The molecule has 5 heteroatoms. The van der Waals surface area contributed by atoms with Crippen molar-refractivity contribution in [3.8, 4) is 5.75 Å². The summed E-state index contributed by atoms with van der Waals surface area (Å²) in [5.41, 5.74) is 0.822. The fraction of sp³-hybridized carbons (Fsp3) is 0.235. The molecule has 0 aliphatic carbocycles. The second-order valence-electron chi connectivity index (χ2n) is 4.76. The van der Waals surface area contributed by atoms with Crippen molar-refractivity contribution in [2.24, 2.45) is 0 Å². The lowest BCUT2D eigenvalue weighted by Crippen LogP contribution is -2.27. The first-order chi connectivity index (χ1) is 10.6. The Labute approximate surface area is 127 Å². The number of para-hydroxylation sites is 1. The number of hydrogen-bond acceptors (Lipinski definition) is 2. The van der Waals surface area contributed by atoms with Gasteiger partial charge < -0.3 is 10.1 Å². The van der Waals surface area contributed by atoms with E-state index in [9.17, 15) is 13.6 Å². The number of nitrogens with one attached hydrogen (secondary N) is 1. The molecule has 116 valence electrons. The fourth-order valence-electron chi connectivity index (χ4n) is 1.94. The van der Waals surface area contributed by atoms with E-state index in [0.717, 1.165) is 5.56 Å². The largest absolute Gasteiger partial charge is 0.490 e. The minimum absolute atomic E-state index is 0.104. The molecule has 1 amide bonds. The minimum atomic E-state index is -0.450. The molecule has 0 heterocycles. The molecule has 3 nitrogen and oxygen atoms in total. The average molecular weight is 305 g/mol. The molecule has 0 aromatic heterocycles. The van der Waals surface area contributed by atoms with E-state index in [1.165, 1.54) is 24.3 Å². The second-order valence-corrected chi connectivity index (χ2v) is 4.76. The van der Waals surface area contributed by atoms with E-state index in [-0.39, 0.29) is 30.5 Å². The number of halogens is 2. The van der Waals surface area contributed by atoms with Crippen LogP contribution >= 0.6 is 0 Å². The van der Waals surface area contributed by atoms with E-state index in [4.69, 9.17) is 4.74 Å². The van der Waals surface area contributed by atoms with Gasteiger partial charge in [0.2, 0.25) is 5.91 Å². The summed E-state index contributed by atoms with van der Waals surface area (Å²) >= 11 is 0. The molecule has 0 unspecified atom stereocenters. The van der Waals surface area contributed by atoms with Gasteiger partial charge in [0.15, 0.2) is 11.6 Å². The molecule has 1 N–H and O–H groups in total.